The average Bonchev–Trinajstić information content (AvgIpc) is 2.88. The fourth-order valence-corrected chi connectivity index (χ4v) is 2.78. The molecule has 0 aliphatic rings. The monoisotopic (exact) mass is 305 g/mol. The van der Waals surface area contributed by atoms with Crippen molar-refractivity contribution in [1.29, 1.82) is 0 Å². The predicted molar refractivity (Wildman–Crippen MR) is 81.6 cm³/mol. The number of nitrogens with zero attached hydrogens (tertiary/aromatic N) is 4. The van der Waals surface area contributed by atoms with Gasteiger partial charge in [0.15, 0.2) is 0 Å². The van der Waals surface area contributed by atoms with Crippen molar-refractivity contribution in [3.8, 4) is 0 Å². The molecule has 0 saturated carbocycles. The van der Waals surface area contributed by atoms with Gasteiger partial charge in [0.05, 0.1) is 5.25 Å². The second-order valence-corrected chi connectivity index (χ2v) is 6.18. The molecule has 0 aliphatic heterocycles. The van der Waals surface area contributed by atoms with Crippen LogP contribution in [-0.2, 0) is 18.4 Å². The SMILES string of the molecule is CC(C)[C@H](Sc1nnnn1C)C(=O)NCc1ccccc1. The highest BCUT2D eigenvalue weighted by molar-refractivity contribution is 8.00. The number of aryl methyl sites for hydroxylation is 1. The molecule has 6 nitrogen and oxygen atoms in total. The third-order valence-corrected chi connectivity index (χ3v) is 4.56. The first-order valence-electron chi connectivity index (χ1n) is 6.78. The molecule has 0 aliphatic carbocycles. The Labute approximate surface area is 128 Å². The number of carbonyl (C=O) groups is 1. The maximum Gasteiger partial charge on any atom is 0.234 e. The number of rotatable bonds is 6. The zero-order chi connectivity index (χ0) is 15.2. The van der Waals surface area contributed by atoms with Gasteiger partial charge >= 0.3 is 0 Å². The first-order valence-corrected chi connectivity index (χ1v) is 7.66. The molecule has 1 N–H and O–H groups in total. The molecule has 1 aromatic heterocycles. The topological polar surface area (TPSA) is 72.7 Å². The van der Waals surface area contributed by atoms with Crippen LogP contribution in [0.5, 0.6) is 0 Å². The summed E-state index contributed by atoms with van der Waals surface area (Å²) in [6, 6.07) is 9.86. The molecule has 7 heteroatoms. The number of hydrogen-bond donors (Lipinski definition) is 1. The van der Waals surface area contributed by atoms with Crippen molar-refractivity contribution in [3.63, 3.8) is 0 Å². The maximum absolute atomic E-state index is 12.4. The second-order valence-electron chi connectivity index (χ2n) is 5.07. The molecular weight excluding hydrogens is 286 g/mol. The normalized spacial score (nSPS) is 12.4. The van der Waals surface area contributed by atoms with E-state index in [2.05, 4.69) is 20.8 Å². The van der Waals surface area contributed by atoms with E-state index < -0.39 is 0 Å². The van der Waals surface area contributed by atoms with Crippen LogP contribution in [0.4, 0.5) is 0 Å². The summed E-state index contributed by atoms with van der Waals surface area (Å²) in [6.45, 7) is 4.56. The van der Waals surface area contributed by atoms with Crippen LogP contribution in [0.1, 0.15) is 19.4 Å². The summed E-state index contributed by atoms with van der Waals surface area (Å²) < 4.78 is 1.57. The van der Waals surface area contributed by atoms with E-state index in [1.165, 1.54) is 11.8 Å². The van der Waals surface area contributed by atoms with Gasteiger partial charge in [-0.3, -0.25) is 4.79 Å². The van der Waals surface area contributed by atoms with Gasteiger partial charge in [0.2, 0.25) is 11.1 Å². The maximum atomic E-state index is 12.4. The quantitative estimate of drug-likeness (QED) is 0.821. The van der Waals surface area contributed by atoms with Crippen LogP contribution in [0, 0.1) is 5.92 Å². The minimum atomic E-state index is -0.224. The molecular formula is C14H19N5OS. The average molecular weight is 305 g/mol. The van der Waals surface area contributed by atoms with E-state index in [0.29, 0.717) is 11.7 Å². The van der Waals surface area contributed by atoms with Gasteiger partial charge in [-0.25, -0.2) is 4.68 Å². The van der Waals surface area contributed by atoms with E-state index >= 15 is 0 Å². The highest BCUT2D eigenvalue weighted by atomic mass is 32.2. The molecule has 0 radical (unpaired) electrons. The minimum Gasteiger partial charge on any atom is -0.351 e. The molecule has 0 saturated heterocycles. The predicted octanol–water partition coefficient (Wildman–Crippen LogP) is 1.64. The van der Waals surface area contributed by atoms with E-state index in [1.807, 2.05) is 44.2 Å². The van der Waals surface area contributed by atoms with Crippen LogP contribution in [-0.4, -0.2) is 31.4 Å². The molecule has 1 aromatic carbocycles. The van der Waals surface area contributed by atoms with Gasteiger partial charge in [-0.2, -0.15) is 0 Å². The highest BCUT2D eigenvalue weighted by Gasteiger charge is 2.25. The summed E-state index contributed by atoms with van der Waals surface area (Å²) >= 11 is 1.39. The lowest BCUT2D eigenvalue weighted by atomic mass is 10.1. The lowest BCUT2D eigenvalue weighted by Gasteiger charge is -2.18. The standard InChI is InChI=1S/C14H19N5OS/c1-10(2)12(21-14-16-17-18-19(14)3)13(20)15-9-11-7-5-4-6-8-11/h4-8,10,12H,9H2,1-3H3,(H,15,20)/t12-/m0/s1. The van der Waals surface area contributed by atoms with Gasteiger partial charge in [0, 0.05) is 13.6 Å². The third-order valence-electron chi connectivity index (χ3n) is 2.99. The Kier molecular flexibility index (Phi) is 5.32. The van der Waals surface area contributed by atoms with E-state index in [4.69, 9.17) is 0 Å². The molecule has 0 bridgehead atoms. The Morgan fingerprint density at radius 1 is 1.33 bits per heavy atom. The minimum absolute atomic E-state index is 0.00172. The van der Waals surface area contributed by atoms with Crippen LogP contribution in [0.25, 0.3) is 0 Å². The Bertz CT molecular complexity index is 584. The van der Waals surface area contributed by atoms with Crippen molar-refractivity contribution >= 4 is 17.7 Å². The molecule has 1 atom stereocenters. The van der Waals surface area contributed by atoms with Crippen molar-refractivity contribution in [3.05, 3.63) is 35.9 Å². The summed E-state index contributed by atoms with van der Waals surface area (Å²) in [5, 5.41) is 14.7. The van der Waals surface area contributed by atoms with Crippen LogP contribution in [0.3, 0.4) is 0 Å². The van der Waals surface area contributed by atoms with Crippen molar-refractivity contribution in [2.45, 2.75) is 30.8 Å². The summed E-state index contributed by atoms with van der Waals surface area (Å²) in [5.41, 5.74) is 1.08. The zero-order valence-corrected chi connectivity index (χ0v) is 13.2. The Morgan fingerprint density at radius 2 is 2.05 bits per heavy atom. The number of thioether (sulfide) groups is 1. The van der Waals surface area contributed by atoms with Crippen molar-refractivity contribution in [2.24, 2.45) is 13.0 Å². The molecule has 2 rings (SSSR count). The van der Waals surface area contributed by atoms with E-state index in [9.17, 15) is 4.79 Å². The van der Waals surface area contributed by atoms with Gasteiger partial charge in [-0.15, -0.1) is 5.10 Å². The summed E-state index contributed by atoms with van der Waals surface area (Å²) in [5.74, 6) is 0.185. The molecule has 2 aromatic rings. The fraction of sp³-hybridized carbons (Fsp3) is 0.429. The Balaban J connectivity index is 1.98. The van der Waals surface area contributed by atoms with Gasteiger partial charge in [-0.1, -0.05) is 55.9 Å². The van der Waals surface area contributed by atoms with E-state index in [1.54, 1.807) is 11.7 Å². The van der Waals surface area contributed by atoms with E-state index in [-0.39, 0.29) is 17.1 Å². The van der Waals surface area contributed by atoms with Crippen LogP contribution in [0.2, 0.25) is 0 Å². The lowest BCUT2D eigenvalue weighted by Crippen LogP contribution is -2.35. The Hall–Kier alpha value is -1.89. The van der Waals surface area contributed by atoms with Gasteiger partial charge < -0.3 is 5.32 Å². The number of benzene rings is 1. The lowest BCUT2D eigenvalue weighted by molar-refractivity contribution is -0.121. The largest absolute Gasteiger partial charge is 0.351 e. The zero-order valence-electron chi connectivity index (χ0n) is 12.4. The van der Waals surface area contributed by atoms with Crippen LogP contribution >= 0.6 is 11.8 Å². The number of tetrazole rings is 1. The molecule has 0 spiro atoms. The van der Waals surface area contributed by atoms with Crippen LogP contribution in [0.15, 0.2) is 35.5 Å². The molecule has 1 heterocycles. The molecule has 0 fully saturated rings. The molecule has 0 unspecified atom stereocenters. The van der Waals surface area contributed by atoms with Crippen molar-refractivity contribution < 1.29 is 4.79 Å². The summed E-state index contributed by atoms with van der Waals surface area (Å²) in [7, 11) is 1.77. The highest BCUT2D eigenvalue weighted by Crippen LogP contribution is 2.25. The third kappa shape index (κ3) is 4.29. The number of amides is 1. The fourth-order valence-electron chi connectivity index (χ4n) is 1.81. The van der Waals surface area contributed by atoms with Crippen molar-refractivity contribution in [2.75, 3.05) is 0 Å². The summed E-state index contributed by atoms with van der Waals surface area (Å²) in [4.78, 5) is 12.4. The molecule has 112 valence electrons. The number of carbonyl (C=O) groups excluding carboxylic acids is 1. The number of nitrogens with one attached hydrogen (secondary N) is 1. The van der Waals surface area contributed by atoms with Gasteiger partial charge in [-0.05, 0) is 21.9 Å². The number of hydrogen-bond acceptors (Lipinski definition) is 5. The van der Waals surface area contributed by atoms with Gasteiger partial charge in [0.1, 0.15) is 0 Å². The number of aromatic nitrogens is 4. The van der Waals surface area contributed by atoms with Gasteiger partial charge in [0.25, 0.3) is 0 Å². The first-order chi connectivity index (χ1) is 10.1. The molecule has 21 heavy (non-hydrogen) atoms. The van der Waals surface area contributed by atoms with E-state index in [0.717, 1.165) is 5.56 Å². The summed E-state index contributed by atoms with van der Waals surface area (Å²) in [6.07, 6.45) is 0. The smallest absolute Gasteiger partial charge is 0.234 e. The first kappa shape index (κ1) is 15.5. The Morgan fingerprint density at radius 3 is 2.62 bits per heavy atom. The van der Waals surface area contributed by atoms with Crippen molar-refractivity contribution in [1.82, 2.24) is 25.5 Å². The van der Waals surface area contributed by atoms with Crippen LogP contribution < -0.4 is 5.32 Å². The molecule has 1 amide bonds. The second kappa shape index (κ2) is 7.21.